The molecule has 39 heavy (non-hydrogen) atoms. The lowest BCUT2D eigenvalue weighted by molar-refractivity contribution is -0.118. The maximum atomic E-state index is 12.8. The summed E-state index contributed by atoms with van der Waals surface area (Å²) in [6.07, 6.45) is 0. The van der Waals surface area contributed by atoms with Gasteiger partial charge in [0.1, 0.15) is 0 Å². The summed E-state index contributed by atoms with van der Waals surface area (Å²) in [5.41, 5.74) is 2.26. The average molecular weight is 533 g/mol. The third kappa shape index (κ3) is 9.97. The number of nitrogens with one attached hydrogen (secondary N) is 3. The summed E-state index contributed by atoms with van der Waals surface area (Å²) in [6, 6.07) is 28.2. The molecule has 4 rings (SSSR count). The number of benzene rings is 3. The molecule has 0 radical (unpaired) electrons. The maximum Gasteiger partial charge on any atom is 0.238 e. The minimum Gasteiger partial charge on any atom is -0.325 e. The van der Waals surface area contributed by atoms with Gasteiger partial charge in [-0.3, -0.25) is 29.1 Å². The molecule has 0 saturated carbocycles. The van der Waals surface area contributed by atoms with E-state index in [2.05, 4.69) is 30.7 Å². The Balaban J connectivity index is 0.00000294. The minimum absolute atomic E-state index is 0. The van der Waals surface area contributed by atoms with E-state index in [0.29, 0.717) is 39.3 Å². The number of rotatable bonds is 9. The lowest BCUT2D eigenvalue weighted by Crippen LogP contribution is -2.42. The van der Waals surface area contributed by atoms with E-state index in [1.165, 1.54) is 0 Å². The molecule has 3 aromatic carbocycles. The molecule has 0 unspecified atom stereocenters. The van der Waals surface area contributed by atoms with E-state index >= 15 is 0 Å². The first-order valence-electron chi connectivity index (χ1n) is 13.3. The van der Waals surface area contributed by atoms with Gasteiger partial charge in [-0.25, -0.2) is 0 Å². The van der Waals surface area contributed by atoms with Crippen LogP contribution in [0.4, 0.5) is 17.1 Å². The van der Waals surface area contributed by atoms with E-state index in [9.17, 15) is 14.4 Å². The van der Waals surface area contributed by atoms with Crippen LogP contribution in [-0.2, 0) is 14.4 Å². The van der Waals surface area contributed by atoms with Crippen LogP contribution in [0.25, 0.3) is 0 Å². The molecule has 3 amide bonds. The SMILES string of the molecule is O=C(CN1CCN(CC(=O)Nc2ccccc2)CCN(CC(=O)Nc2ccccc2)CC1)Nc1ccccc1.[HH].[HH]. The van der Waals surface area contributed by atoms with E-state index in [-0.39, 0.29) is 40.2 Å². The average Bonchev–Trinajstić information content (AvgIpc) is 3.02. The Bertz CT molecular complexity index is 1040. The van der Waals surface area contributed by atoms with E-state index in [1.54, 1.807) is 0 Å². The molecule has 1 heterocycles. The van der Waals surface area contributed by atoms with E-state index in [0.717, 1.165) is 17.1 Å². The molecular weight excluding hydrogens is 492 g/mol. The second-order valence-corrected chi connectivity index (χ2v) is 9.57. The van der Waals surface area contributed by atoms with Crippen LogP contribution in [-0.4, -0.2) is 91.3 Å². The number of nitrogens with zero attached hydrogens (tertiary/aromatic N) is 3. The Labute approximate surface area is 232 Å². The fourth-order valence-corrected chi connectivity index (χ4v) is 4.43. The molecule has 1 aliphatic heterocycles. The molecular formula is C30H40N6O3. The summed E-state index contributed by atoms with van der Waals surface area (Å²) in [7, 11) is 0. The second kappa shape index (κ2) is 14.8. The van der Waals surface area contributed by atoms with Crippen molar-refractivity contribution in [3.63, 3.8) is 0 Å². The molecule has 9 heteroatoms. The lowest BCUT2D eigenvalue weighted by Gasteiger charge is -2.25. The zero-order chi connectivity index (χ0) is 27.3. The van der Waals surface area contributed by atoms with Gasteiger partial charge in [0.25, 0.3) is 0 Å². The first-order valence-corrected chi connectivity index (χ1v) is 13.3. The van der Waals surface area contributed by atoms with Crippen molar-refractivity contribution in [3.05, 3.63) is 91.0 Å². The fraction of sp³-hybridized carbons (Fsp3) is 0.300. The van der Waals surface area contributed by atoms with Crippen molar-refractivity contribution in [2.24, 2.45) is 0 Å². The van der Waals surface area contributed by atoms with E-state index in [4.69, 9.17) is 0 Å². The highest BCUT2D eigenvalue weighted by Crippen LogP contribution is 2.09. The Kier molecular flexibility index (Phi) is 10.6. The standard InChI is InChI=1S/C30H36N6O3.2H2/c37-28(31-25-10-4-1-5-11-25)22-34-16-18-35(23-29(38)32-26-12-6-2-7-13-26)20-21-36(19-17-34)24-30(39)33-27-14-8-3-9-15-27;;/h1-15H,16-24H2,(H,31,37)(H,32,38)(H,33,39);2*1H. The highest BCUT2D eigenvalue weighted by atomic mass is 16.2. The normalized spacial score (nSPS) is 15.4. The van der Waals surface area contributed by atoms with Crippen molar-refractivity contribution in [2.45, 2.75) is 0 Å². The highest BCUT2D eigenvalue weighted by molar-refractivity contribution is 5.93. The number of carbonyl (C=O) groups excluding carboxylic acids is 3. The number of para-hydroxylation sites is 3. The molecule has 0 aliphatic carbocycles. The van der Waals surface area contributed by atoms with Crippen molar-refractivity contribution in [3.8, 4) is 0 Å². The Morgan fingerprint density at radius 2 is 0.692 bits per heavy atom. The number of anilines is 3. The first-order chi connectivity index (χ1) is 19.0. The van der Waals surface area contributed by atoms with Gasteiger partial charge >= 0.3 is 0 Å². The number of hydrogen-bond donors (Lipinski definition) is 3. The highest BCUT2D eigenvalue weighted by Gasteiger charge is 2.21. The minimum atomic E-state index is -0.0952. The first kappa shape index (κ1) is 28.0. The molecule has 1 aliphatic rings. The Hall–Kier alpha value is -4.05. The van der Waals surface area contributed by atoms with Gasteiger partial charge in [0.2, 0.25) is 17.7 Å². The van der Waals surface area contributed by atoms with Crippen LogP contribution in [0.5, 0.6) is 0 Å². The van der Waals surface area contributed by atoms with Gasteiger partial charge < -0.3 is 16.0 Å². The largest absolute Gasteiger partial charge is 0.325 e. The zero-order valence-corrected chi connectivity index (χ0v) is 22.1. The molecule has 1 fully saturated rings. The lowest BCUT2D eigenvalue weighted by atomic mass is 10.3. The fourth-order valence-electron chi connectivity index (χ4n) is 4.43. The van der Waals surface area contributed by atoms with Gasteiger partial charge in [-0.15, -0.1) is 0 Å². The van der Waals surface area contributed by atoms with Gasteiger partial charge in [0.05, 0.1) is 19.6 Å². The van der Waals surface area contributed by atoms with E-state index in [1.807, 2.05) is 91.0 Å². The molecule has 0 atom stereocenters. The van der Waals surface area contributed by atoms with Crippen molar-refractivity contribution in [1.82, 2.24) is 14.7 Å². The van der Waals surface area contributed by atoms with Gasteiger partial charge in [-0.05, 0) is 36.4 Å². The maximum absolute atomic E-state index is 12.8. The summed E-state index contributed by atoms with van der Waals surface area (Å²) in [4.78, 5) is 44.6. The molecule has 208 valence electrons. The van der Waals surface area contributed by atoms with Crippen LogP contribution in [0.1, 0.15) is 2.85 Å². The third-order valence-electron chi connectivity index (χ3n) is 6.47. The zero-order valence-electron chi connectivity index (χ0n) is 22.1. The molecule has 0 spiro atoms. The van der Waals surface area contributed by atoms with Gasteiger partial charge in [0, 0.05) is 59.2 Å². The third-order valence-corrected chi connectivity index (χ3v) is 6.47. The summed E-state index contributed by atoms with van der Waals surface area (Å²) in [5, 5.41) is 8.84. The predicted octanol–water partition coefficient (Wildman–Crippen LogP) is 3.31. The second-order valence-electron chi connectivity index (χ2n) is 9.57. The molecule has 3 aromatic rings. The Morgan fingerprint density at radius 3 is 0.923 bits per heavy atom. The van der Waals surface area contributed by atoms with Crippen molar-refractivity contribution in [2.75, 3.05) is 74.9 Å². The molecule has 0 aromatic heterocycles. The molecule has 3 N–H and O–H groups in total. The summed E-state index contributed by atoms with van der Waals surface area (Å²) < 4.78 is 0. The van der Waals surface area contributed by atoms with Crippen LogP contribution >= 0.6 is 0 Å². The molecule has 1 saturated heterocycles. The van der Waals surface area contributed by atoms with Crippen LogP contribution in [0.2, 0.25) is 0 Å². The molecule has 9 nitrogen and oxygen atoms in total. The number of carbonyl (C=O) groups is 3. The van der Waals surface area contributed by atoms with Gasteiger partial charge in [-0.1, -0.05) is 54.6 Å². The van der Waals surface area contributed by atoms with Gasteiger partial charge in [-0.2, -0.15) is 0 Å². The van der Waals surface area contributed by atoms with Crippen LogP contribution in [0.3, 0.4) is 0 Å². The van der Waals surface area contributed by atoms with Crippen LogP contribution in [0, 0.1) is 0 Å². The quantitative estimate of drug-likeness (QED) is 0.391. The van der Waals surface area contributed by atoms with Crippen molar-refractivity contribution in [1.29, 1.82) is 0 Å². The van der Waals surface area contributed by atoms with Crippen LogP contribution in [0.15, 0.2) is 91.0 Å². The number of hydrogen-bond acceptors (Lipinski definition) is 6. The smallest absolute Gasteiger partial charge is 0.238 e. The molecule has 0 bridgehead atoms. The predicted molar refractivity (Wildman–Crippen MR) is 159 cm³/mol. The van der Waals surface area contributed by atoms with Crippen molar-refractivity contribution < 1.29 is 17.2 Å². The number of amides is 3. The Morgan fingerprint density at radius 1 is 0.462 bits per heavy atom. The summed E-state index contributed by atoms with van der Waals surface area (Å²) in [5.74, 6) is -0.286. The van der Waals surface area contributed by atoms with E-state index < -0.39 is 0 Å². The monoisotopic (exact) mass is 532 g/mol. The summed E-state index contributed by atoms with van der Waals surface area (Å²) >= 11 is 0. The summed E-state index contributed by atoms with van der Waals surface area (Å²) in [6.45, 7) is 4.45. The van der Waals surface area contributed by atoms with Gasteiger partial charge in [0.15, 0.2) is 0 Å². The van der Waals surface area contributed by atoms with Crippen LogP contribution < -0.4 is 16.0 Å². The van der Waals surface area contributed by atoms with Crippen molar-refractivity contribution >= 4 is 34.8 Å². The topological polar surface area (TPSA) is 97.0 Å².